The van der Waals surface area contributed by atoms with Gasteiger partial charge in [0, 0.05) is 12.1 Å². The Labute approximate surface area is 105 Å². The standard InChI is InChI=1S/C13H17F2NO2/c1-7-5-11(15)12(6-10(7)14)16-9(3)8(2)13(17)18-4/h5-6,8-9,16H,1-4H3. The topological polar surface area (TPSA) is 38.3 Å². The molecular formula is C13H17F2NO2. The fourth-order valence-electron chi connectivity index (χ4n) is 1.52. The molecule has 0 spiro atoms. The summed E-state index contributed by atoms with van der Waals surface area (Å²) in [5, 5.41) is 2.78. The van der Waals surface area contributed by atoms with Crippen LogP contribution in [-0.4, -0.2) is 19.1 Å². The smallest absolute Gasteiger partial charge is 0.310 e. The third kappa shape index (κ3) is 3.18. The molecule has 2 unspecified atom stereocenters. The predicted octanol–water partition coefficient (Wildman–Crippen LogP) is 2.88. The van der Waals surface area contributed by atoms with Crippen LogP contribution in [0.15, 0.2) is 12.1 Å². The Morgan fingerprint density at radius 2 is 1.89 bits per heavy atom. The van der Waals surface area contributed by atoms with Crippen LogP contribution in [0.4, 0.5) is 14.5 Å². The molecule has 100 valence electrons. The molecule has 0 aromatic heterocycles. The molecule has 0 saturated carbocycles. The zero-order valence-electron chi connectivity index (χ0n) is 10.9. The molecule has 0 fully saturated rings. The molecule has 18 heavy (non-hydrogen) atoms. The maximum atomic E-state index is 13.6. The van der Waals surface area contributed by atoms with Crippen LogP contribution in [0.1, 0.15) is 19.4 Å². The van der Waals surface area contributed by atoms with E-state index in [1.165, 1.54) is 14.0 Å². The summed E-state index contributed by atoms with van der Waals surface area (Å²) >= 11 is 0. The van der Waals surface area contributed by atoms with Crippen molar-refractivity contribution < 1.29 is 18.3 Å². The molecule has 0 aliphatic rings. The number of hydrogen-bond donors (Lipinski definition) is 1. The molecule has 1 rings (SSSR count). The lowest BCUT2D eigenvalue weighted by Gasteiger charge is -2.21. The zero-order valence-corrected chi connectivity index (χ0v) is 10.9. The van der Waals surface area contributed by atoms with Gasteiger partial charge < -0.3 is 10.1 Å². The van der Waals surface area contributed by atoms with Gasteiger partial charge in [0.15, 0.2) is 0 Å². The molecule has 1 aromatic rings. The van der Waals surface area contributed by atoms with E-state index in [-0.39, 0.29) is 17.3 Å². The number of nitrogens with one attached hydrogen (secondary N) is 1. The van der Waals surface area contributed by atoms with Crippen LogP contribution in [0.25, 0.3) is 0 Å². The molecule has 2 atom stereocenters. The third-order valence-corrected chi connectivity index (χ3v) is 2.95. The van der Waals surface area contributed by atoms with Crippen molar-refractivity contribution in [1.29, 1.82) is 0 Å². The van der Waals surface area contributed by atoms with Gasteiger partial charge in [0.05, 0.1) is 18.7 Å². The highest BCUT2D eigenvalue weighted by atomic mass is 19.1. The SMILES string of the molecule is COC(=O)C(C)C(C)Nc1cc(F)c(C)cc1F. The van der Waals surface area contributed by atoms with Crippen molar-refractivity contribution in [3.05, 3.63) is 29.3 Å². The summed E-state index contributed by atoms with van der Waals surface area (Å²) in [4.78, 5) is 11.3. The van der Waals surface area contributed by atoms with Crippen molar-refractivity contribution in [3.63, 3.8) is 0 Å². The van der Waals surface area contributed by atoms with Crippen LogP contribution in [0.3, 0.4) is 0 Å². The Morgan fingerprint density at radius 1 is 1.28 bits per heavy atom. The lowest BCUT2D eigenvalue weighted by atomic mass is 10.0. The summed E-state index contributed by atoms with van der Waals surface area (Å²) in [5.41, 5.74) is 0.285. The van der Waals surface area contributed by atoms with E-state index in [1.807, 2.05) is 0 Å². The monoisotopic (exact) mass is 257 g/mol. The quantitative estimate of drug-likeness (QED) is 0.843. The molecule has 5 heteroatoms. The number of anilines is 1. The lowest BCUT2D eigenvalue weighted by molar-refractivity contribution is -0.145. The van der Waals surface area contributed by atoms with E-state index < -0.39 is 23.5 Å². The van der Waals surface area contributed by atoms with E-state index in [1.54, 1.807) is 13.8 Å². The summed E-state index contributed by atoms with van der Waals surface area (Å²) < 4.78 is 31.5. The van der Waals surface area contributed by atoms with Crippen LogP contribution in [0.5, 0.6) is 0 Å². The van der Waals surface area contributed by atoms with E-state index in [9.17, 15) is 13.6 Å². The first-order valence-corrected chi connectivity index (χ1v) is 5.66. The first-order chi connectivity index (χ1) is 8.36. The highest BCUT2D eigenvalue weighted by Gasteiger charge is 2.21. The number of carbonyl (C=O) groups excluding carboxylic acids is 1. The summed E-state index contributed by atoms with van der Waals surface area (Å²) in [6.07, 6.45) is 0. The maximum absolute atomic E-state index is 13.6. The number of hydrogen-bond acceptors (Lipinski definition) is 3. The fraction of sp³-hybridized carbons (Fsp3) is 0.462. The molecule has 1 aromatic carbocycles. The highest BCUT2D eigenvalue weighted by molar-refractivity contribution is 5.73. The van der Waals surface area contributed by atoms with Gasteiger partial charge in [-0.3, -0.25) is 4.79 Å². The third-order valence-electron chi connectivity index (χ3n) is 2.95. The highest BCUT2D eigenvalue weighted by Crippen LogP contribution is 2.21. The van der Waals surface area contributed by atoms with Crippen LogP contribution < -0.4 is 5.32 Å². The Hall–Kier alpha value is -1.65. The van der Waals surface area contributed by atoms with E-state index in [4.69, 9.17) is 0 Å². The molecule has 0 saturated heterocycles. The molecular weight excluding hydrogens is 240 g/mol. The molecule has 0 aliphatic heterocycles. The molecule has 0 heterocycles. The van der Waals surface area contributed by atoms with E-state index in [0.29, 0.717) is 0 Å². The molecule has 0 amide bonds. The minimum Gasteiger partial charge on any atom is -0.469 e. The van der Waals surface area contributed by atoms with E-state index in [2.05, 4.69) is 10.1 Å². The van der Waals surface area contributed by atoms with Crippen LogP contribution in [-0.2, 0) is 9.53 Å². The van der Waals surface area contributed by atoms with Gasteiger partial charge >= 0.3 is 5.97 Å². The summed E-state index contributed by atoms with van der Waals surface area (Å²) in [7, 11) is 1.29. The molecule has 1 N–H and O–H groups in total. The number of benzene rings is 1. The lowest BCUT2D eigenvalue weighted by Crippen LogP contribution is -2.31. The van der Waals surface area contributed by atoms with Gasteiger partial charge in [-0.2, -0.15) is 0 Å². The number of rotatable bonds is 4. The normalized spacial score (nSPS) is 13.9. The number of esters is 1. The largest absolute Gasteiger partial charge is 0.469 e. The Balaban J connectivity index is 2.85. The van der Waals surface area contributed by atoms with Crippen molar-refractivity contribution in [2.75, 3.05) is 12.4 Å². The maximum Gasteiger partial charge on any atom is 0.310 e. The summed E-state index contributed by atoms with van der Waals surface area (Å²) in [6.45, 7) is 4.85. The van der Waals surface area contributed by atoms with Gasteiger partial charge in [-0.25, -0.2) is 8.78 Å². The van der Waals surface area contributed by atoms with Gasteiger partial charge in [0.2, 0.25) is 0 Å². The van der Waals surface area contributed by atoms with E-state index in [0.717, 1.165) is 12.1 Å². The minimum absolute atomic E-state index is 0.0429. The second-order valence-corrected chi connectivity index (χ2v) is 4.33. The number of ether oxygens (including phenoxy) is 1. The molecule has 0 aliphatic carbocycles. The fourth-order valence-corrected chi connectivity index (χ4v) is 1.52. The van der Waals surface area contributed by atoms with Crippen LogP contribution >= 0.6 is 0 Å². The van der Waals surface area contributed by atoms with Gasteiger partial charge in [-0.15, -0.1) is 0 Å². The van der Waals surface area contributed by atoms with Crippen molar-refractivity contribution >= 4 is 11.7 Å². The second-order valence-electron chi connectivity index (χ2n) is 4.33. The van der Waals surface area contributed by atoms with E-state index >= 15 is 0 Å². The first-order valence-electron chi connectivity index (χ1n) is 5.66. The summed E-state index contributed by atoms with van der Waals surface area (Å²) in [5.74, 6) is -1.89. The minimum atomic E-state index is -0.544. The average molecular weight is 257 g/mol. The Kier molecular flexibility index (Phi) is 4.64. The molecule has 0 radical (unpaired) electrons. The number of halogens is 2. The van der Waals surface area contributed by atoms with Crippen LogP contribution in [0, 0.1) is 24.5 Å². The van der Waals surface area contributed by atoms with Gasteiger partial charge in [-0.1, -0.05) is 0 Å². The van der Waals surface area contributed by atoms with Crippen LogP contribution in [0.2, 0.25) is 0 Å². The predicted molar refractivity (Wildman–Crippen MR) is 65.4 cm³/mol. The number of aryl methyl sites for hydroxylation is 1. The molecule has 0 bridgehead atoms. The van der Waals surface area contributed by atoms with Crippen molar-refractivity contribution in [2.45, 2.75) is 26.8 Å². The van der Waals surface area contributed by atoms with Gasteiger partial charge in [0.1, 0.15) is 11.6 Å². The number of methoxy groups -OCH3 is 1. The summed E-state index contributed by atoms with van der Waals surface area (Å²) in [6, 6.07) is 1.84. The zero-order chi connectivity index (χ0) is 13.9. The second kappa shape index (κ2) is 5.80. The Morgan fingerprint density at radius 3 is 2.44 bits per heavy atom. The Bertz CT molecular complexity index is 449. The molecule has 3 nitrogen and oxygen atoms in total. The first kappa shape index (κ1) is 14.4. The van der Waals surface area contributed by atoms with Crippen molar-refractivity contribution in [1.82, 2.24) is 0 Å². The number of carbonyl (C=O) groups is 1. The van der Waals surface area contributed by atoms with Gasteiger partial charge in [0.25, 0.3) is 0 Å². The van der Waals surface area contributed by atoms with Crippen molar-refractivity contribution in [2.24, 2.45) is 5.92 Å². The van der Waals surface area contributed by atoms with Gasteiger partial charge in [-0.05, 0) is 32.4 Å². The average Bonchev–Trinajstić information content (AvgIpc) is 2.33. The van der Waals surface area contributed by atoms with Crippen molar-refractivity contribution in [3.8, 4) is 0 Å².